The molecule has 282 valence electrons. The lowest BCUT2D eigenvalue weighted by molar-refractivity contribution is 0.809. The second kappa shape index (κ2) is 13.0. The van der Waals surface area contributed by atoms with Crippen molar-refractivity contribution >= 4 is 32.3 Å². The molecule has 61 heavy (non-hydrogen) atoms. The van der Waals surface area contributed by atoms with Gasteiger partial charge in [-0.25, -0.2) is 9.97 Å². The number of nitrogens with zero attached hydrogens (tertiary/aromatic N) is 2. The molecule has 0 N–H and O–H groups in total. The molecule has 2 heteroatoms. The van der Waals surface area contributed by atoms with Crippen molar-refractivity contribution in [3.05, 3.63) is 241 Å². The summed E-state index contributed by atoms with van der Waals surface area (Å²) in [5.41, 5.74) is 17.4. The molecule has 2 aliphatic carbocycles. The Morgan fingerprint density at radius 3 is 1.43 bits per heavy atom. The van der Waals surface area contributed by atoms with E-state index in [1.54, 1.807) is 0 Å². The van der Waals surface area contributed by atoms with Crippen LogP contribution in [-0.2, 0) is 5.41 Å². The first-order valence-electron chi connectivity index (χ1n) is 21.1. The quantitative estimate of drug-likeness (QED) is 0.167. The largest absolute Gasteiger partial charge is 0.228 e. The Hall–Kier alpha value is -7.94. The van der Waals surface area contributed by atoms with E-state index in [0.717, 1.165) is 33.6 Å². The summed E-state index contributed by atoms with van der Waals surface area (Å²) >= 11 is 0. The van der Waals surface area contributed by atoms with Crippen LogP contribution in [-0.4, -0.2) is 9.97 Å². The van der Waals surface area contributed by atoms with Crippen LogP contribution < -0.4 is 0 Å². The van der Waals surface area contributed by atoms with Gasteiger partial charge in [-0.1, -0.05) is 200 Å². The standard InChI is InChI=1S/C59H36N2/c1-3-18-37(19-4-1)53-36-54(61-58(60-53)38-20-5-2-6-21-38)40-23-17-22-39(34-40)49-35-50-55-46-29-10-7-24-41(46)42-25-8-12-31-48(42)57(55)59(56(50)47-30-11-9-26-43(47)49)51-32-15-13-27-44(51)45-28-14-16-33-52(45)59/h1-36H. The highest BCUT2D eigenvalue weighted by atomic mass is 14.9. The van der Waals surface area contributed by atoms with E-state index in [-0.39, 0.29) is 0 Å². The average Bonchev–Trinajstić information content (AvgIpc) is 3.82. The van der Waals surface area contributed by atoms with Gasteiger partial charge in [0.1, 0.15) is 0 Å². The Labute approximate surface area is 354 Å². The van der Waals surface area contributed by atoms with E-state index in [1.165, 1.54) is 82.4 Å². The zero-order valence-corrected chi connectivity index (χ0v) is 33.2. The third-order valence-corrected chi connectivity index (χ3v) is 13.2. The van der Waals surface area contributed by atoms with Crippen LogP contribution >= 0.6 is 0 Å². The Balaban J connectivity index is 1.12. The molecule has 0 aliphatic heterocycles. The molecule has 1 heterocycles. The van der Waals surface area contributed by atoms with E-state index in [4.69, 9.17) is 9.97 Å². The van der Waals surface area contributed by atoms with Gasteiger partial charge < -0.3 is 0 Å². The summed E-state index contributed by atoms with van der Waals surface area (Å²) in [5.74, 6) is 0.712. The molecule has 2 nitrogen and oxygen atoms in total. The smallest absolute Gasteiger partial charge is 0.160 e. The number of fused-ring (bicyclic) bond motifs is 17. The van der Waals surface area contributed by atoms with Gasteiger partial charge in [0.2, 0.25) is 0 Å². The zero-order valence-electron chi connectivity index (χ0n) is 33.2. The lowest BCUT2D eigenvalue weighted by Crippen LogP contribution is -2.26. The van der Waals surface area contributed by atoms with Crippen molar-refractivity contribution in [1.82, 2.24) is 9.97 Å². The highest BCUT2D eigenvalue weighted by molar-refractivity contribution is 6.22. The lowest BCUT2D eigenvalue weighted by atomic mass is 9.68. The fraction of sp³-hybridized carbons (Fsp3) is 0.0169. The van der Waals surface area contributed by atoms with Gasteiger partial charge in [0.25, 0.3) is 0 Å². The molecule has 0 fully saturated rings. The molecule has 10 aromatic carbocycles. The van der Waals surface area contributed by atoms with Crippen LogP contribution in [0.1, 0.15) is 22.3 Å². The highest BCUT2D eigenvalue weighted by Crippen LogP contribution is 2.67. The second-order valence-electron chi connectivity index (χ2n) is 16.3. The van der Waals surface area contributed by atoms with Crippen LogP contribution in [0.15, 0.2) is 218 Å². The number of aromatic nitrogens is 2. The van der Waals surface area contributed by atoms with E-state index in [2.05, 4.69) is 194 Å². The molecule has 13 rings (SSSR count). The molecule has 0 saturated heterocycles. The van der Waals surface area contributed by atoms with Crippen LogP contribution in [0.3, 0.4) is 0 Å². The van der Waals surface area contributed by atoms with Crippen LogP contribution in [0.5, 0.6) is 0 Å². The summed E-state index contributed by atoms with van der Waals surface area (Å²) < 4.78 is 0. The van der Waals surface area contributed by atoms with Crippen molar-refractivity contribution in [3.8, 4) is 67.3 Å². The van der Waals surface area contributed by atoms with E-state index >= 15 is 0 Å². The summed E-state index contributed by atoms with van der Waals surface area (Å²) in [4.78, 5) is 10.3. The summed E-state index contributed by atoms with van der Waals surface area (Å²) in [7, 11) is 0. The zero-order chi connectivity index (χ0) is 40.1. The first-order valence-corrected chi connectivity index (χ1v) is 21.1. The minimum absolute atomic E-state index is 0.524. The van der Waals surface area contributed by atoms with Gasteiger partial charge in [-0.3, -0.25) is 0 Å². The first kappa shape index (κ1) is 34.0. The topological polar surface area (TPSA) is 25.8 Å². The molecule has 0 saturated carbocycles. The molecule has 0 amide bonds. The normalized spacial score (nSPS) is 13.0. The van der Waals surface area contributed by atoms with Crippen LogP contribution in [0.2, 0.25) is 0 Å². The number of hydrogen-bond donors (Lipinski definition) is 0. The fourth-order valence-corrected chi connectivity index (χ4v) is 10.8. The lowest BCUT2D eigenvalue weighted by Gasteiger charge is -2.33. The first-order chi connectivity index (χ1) is 30.3. The minimum atomic E-state index is -0.524. The van der Waals surface area contributed by atoms with Crippen LogP contribution in [0.25, 0.3) is 99.6 Å². The Morgan fingerprint density at radius 1 is 0.279 bits per heavy atom. The van der Waals surface area contributed by atoms with E-state index in [1.807, 2.05) is 24.3 Å². The van der Waals surface area contributed by atoms with Crippen molar-refractivity contribution in [2.75, 3.05) is 0 Å². The van der Waals surface area contributed by atoms with Gasteiger partial charge >= 0.3 is 0 Å². The molecule has 1 aromatic heterocycles. The number of rotatable bonds is 4. The van der Waals surface area contributed by atoms with Crippen molar-refractivity contribution in [2.45, 2.75) is 5.41 Å². The molecule has 0 atom stereocenters. The monoisotopic (exact) mass is 772 g/mol. The maximum Gasteiger partial charge on any atom is 0.160 e. The molecule has 0 radical (unpaired) electrons. The number of benzene rings is 10. The highest BCUT2D eigenvalue weighted by Gasteiger charge is 2.54. The number of hydrogen-bond acceptors (Lipinski definition) is 2. The van der Waals surface area contributed by atoms with Crippen molar-refractivity contribution in [3.63, 3.8) is 0 Å². The van der Waals surface area contributed by atoms with Gasteiger partial charge in [0.15, 0.2) is 5.82 Å². The van der Waals surface area contributed by atoms with Gasteiger partial charge in [0.05, 0.1) is 16.8 Å². The third kappa shape index (κ3) is 4.79. The molecular formula is C59H36N2. The predicted molar refractivity (Wildman–Crippen MR) is 253 cm³/mol. The second-order valence-corrected chi connectivity index (χ2v) is 16.3. The molecule has 0 bridgehead atoms. The third-order valence-electron chi connectivity index (χ3n) is 13.2. The molecule has 2 aliphatic rings. The van der Waals surface area contributed by atoms with Gasteiger partial charge in [-0.05, 0) is 106 Å². The summed E-state index contributed by atoms with van der Waals surface area (Å²) in [5, 5.41) is 7.67. The summed E-state index contributed by atoms with van der Waals surface area (Å²) in [6.45, 7) is 0. The minimum Gasteiger partial charge on any atom is -0.228 e. The maximum absolute atomic E-state index is 5.23. The SMILES string of the molecule is c1ccc(-c2cc(-c3cccc(-c4cc5c(c6ccccc46)C4(c6ccccc6-c6ccccc64)c4c-5c5ccccc5c5ccccc45)c3)nc(-c3ccccc3)n2)cc1. The molecular weight excluding hydrogens is 737 g/mol. The Bertz CT molecular complexity index is 3480. The van der Waals surface area contributed by atoms with Crippen LogP contribution in [0, 0.1) is 0 Å². The molecule has 11 aromatic rings. The van der Waals surface area contributed by atoms with Crippen LogP contribution in [0.4, 0.5) is 0 Å². The summed E-state index contributed by atoms with van der Waals surface area (Å²) in [6.07, 6.45) is 0. The fourth-order valence-electron chi connectivity index (χ4n) is 10.8. The maximum atomic E-state index is 5.23. The molecule has 1 spiro atoms. The van der Waals surface area contributed by atoms with Crippen molar-refractivity contribution in [2.24, 2.45) is 0 Å². The van der Waals surface area contributed by atoms with E-state index in [0.29, 0.717) is 5.82 Å². The van der Waals surface area contributed by atoms with E-state index in [9.17, 15) is 0 Å². The molecule has 0 unspecified atom stereocenters. The van der Waals surface area contributed by atoms with Crippen molar-refractivity contribution in [1.29, 1.82) is 0 Å². The Kier molecular flexibility index (Phi) is 7.26. The average molecular weight is 773 g/mol. The van der Waals surface area contributed by atoms with Crippen molar-refractivity contribution < 1.29 is 0 Å². The summed E-state index contributed by atoms with van der Waals surface area (Å²) in [6, 6.07) is 79.8. The Morgan fingerprint density at radius 2 is 0.754 bits per heavy atom. The van der Waals surface area contributed by atoms with Gasteiger partial charge in [0, 0.05) is 16.7 Å². The predicted octanol–water partition coefficient (Wildman–Crippen LogP) is 14.9. The van der Waals surface area contributed by atoms with Gasteiger partial charge in [-0.15, -0.1) is 0 Å². The van der Waals surface area contributed by atoms with E-state index < -0.39 is 5.41 Å². The van der Waals surface area contributed by atoms with Gasteiger partial charge in [-0.2, -0.15) is 0 Å².